The zero-order valence-electron chi connectivity index (χ0n) is 17.7. The second-order valence-electron chi connectivity index (χ2n) is 7.44. The summed E-state index contributed by atoms with van der Waals surface area (Å²) in [6.07, 6.45) is 4.41. The number of ether oxygens (including phenoxy) is 2. The zero-order valence-corrected chi connectivity index (χ0v) is 17.7. The van der Waals surface area contributed by atoms with E-state index >= 15 is 0 Å². The van der Waals surface area contributed by atoms with Gasteiger partial charge in [0.15, 0.2) is 0 Å². The lowest BCUT2D eigenvalue weighted by Gasteiger charge is -2.24. The van der Waals surface area contributed by atoms with Crippen LogP contribution in [0.15, 0.2) is 24.3 Å². The molecule has 3 atom stereocenters. The van der Waals surface area contributed by atoms with Gasteiger partial charge in [0.1, 0.15) is 18.4 Å². The molecule has 0 bridgehead atoms. The first kappa shape index (κ1) is 23.7. The van der Waals surface area contributed by atoms with Gasteiger partial charge in [0.25, 0.3) is 5.91 Å². The van der Waals surface area contributed by atoms with Crippen molar-refractivity contribution in [3.8, 4) is 5.75 Å². The van der Waals surface area contributed by atoms with Crippen LogP contribution in [0.5, 0.6) is 5.75 Å². The van der Waals surface area contributed by atoms with Crippen molar-refractivity contribution in [2.75, 3.05) is 20.3 Å². The maximum absolute atomic E-state index is 12.9. The van der Waals surface area contributed by atoms with E-state index in [1.807, 2.05) is 6.92 Å². The van der Waals surface area contributed by atoms with Crippen LogP contribution in [0.2, 0.25) is 0 Å². The maximum Gasteiger partial charge on any atom is 0.310 e. The molecule has 0 radical (unpaired) electrons. The number of aliphatic hydroxyl groups is 1. The summed E-state index contributed by atoms with van der Waals surface area (Å²) < 4.78 is 10.2. The lowest BCUT2D eigenvalue weighted by atomic mass is 10.0. The van der Waals surface area contributed by atoms with Crippen LogP contribution in [0.3, 0.4) is 0 Å². The van der Waals surface area contributed by atoms with Gasteiger partial charge in [0, 0.05) is 11.6 Å². The maximum atomic E-state index is 12.9. The predicted octanol–water partition coefficient (Wildman–Crippen LogP) is 1.80. The summed E-state index contributed by atoms with van der Waals surface area (Å²) in [4.78, 5) is 37.6. The average Bonchev–Trinajstić information content (AvgIpc) is 3.22. The summed E-state index contributed by atoms with van der Waals surface area (Å²) in [5, 5.41) is 14.6. The Bertz CT molecular complexity index is 723. The molecule has 30 heavy (non-hydrogen) atoms. The van der Waals surface area contributed by atoms with Gasteiger partial charge in [-0.2, -0.15) is 0 Å². The van der Waals surface area contributed by atoms with Crippen LogP contribution in [0.25, 0.3) is 0 Å². The third kappa shape index (κ3) is 6.73. The summed E-state index contributed by atoms with van der Waals surface area (Å²) in [5.41, 5.74) is 0.369. The largest absolute Gasteiger partial charge is 0.491 e. The Morgan fingerprint density at radius 3 is 2.77 bits per heavy atom. The normalized spacial score (nSPS) is 19.0. The summed E-state index contributed by atoms with van der Waals surface area (Å²) in [6, 6.07) is 5.62. The average molecular weight is 421 g/mol. The number of rotatable bonds is 11. The van der Waals surface area contributed by atoms with Gasteiger partial charge in [0.05, 0.1) is 19.6 Å². The lowest BCUT2D eigenvalue weighted by Crippen LogP contribution is -2.51. The van der Waals surface area contributed by atoms with Crippen LogP contribution in [0.4, 0.5) is 0 Å². The molecule has 0 saturated heterocycles. The number of nitrogens with one attached hydrogen (secondary N) is 2. The number of carbonyl (C=O) groups is 3. The first-order valence-corrected chi connectivity index (χ1v) is 10.5. The van der Waals surface area contributed by atoms with Gasteiger partial charge < -0.3 is 25.2 Å². The molecule has 0 unspecified atom stereocenters. The topological polar surface area (TPSA) is 114 Å². The van der Waals surface area contributed by atoms with Crippen molar-refractivity contribution in [2.24, 2.45) is 5.92 Å². The lowest BCUT2D eigenvalue weighted by molar-refractivity contribution is -0.146. The summed E-state index contributed by atoms with van der Waals surface area (Å²) in [6.45, 7) is 2.03. The molecular weight excluding hydrogens is 388 g/mol. The molecule has 1 aromatic carbocycles. The van der Waals surface area contributed by atoms with Crippen LogP contribution in [0.1, 0.15) is 55.8 Å². The minimum atomic E-state index is -0.696. The SMILES string of the molecule is CCCC[C@H](NC(=O)c1cccc(OCCO)c1)C(=O)N[C@H]1CCC[C@H]1C(=O)OC. The first-order valence-electron chi connectivity index (χ1n) is 10.5. The fraction of sp³-hybridized carbons (Fsp3) is 0.591. The molecule has 1 aliphatic carbocycles. The highest BCUT2D eigenvalue weighted by molar-refractivity contribution is 5.98. The standard InChI is InChI=1S/C22H32N2O6/c1-3-4-10-19(21(27)23-18-11-6-9-17(18)22(28)29-2)24-20(26)15-7-5-8-16(14-15)30-13-12-25/h5,7-8,14,17-19,25H,3-4,6,9-13H2,1-2H3,(H,23,27)(H,24,26)/t17-,18+,19+/m1/s1. The quantitative estimate of drug-likeness (QED) is 0.471. The van der Waals surface area contributed by atoms with E-state index in [9.17, 15) is 14.4 Å². The zero-order chi connectivity index (χ0) is 21.9. The Hall–Kier alpha value is -2.61. The van der Waals surface area contributed by atoms with Gasteiger partial charge in [-0.1, -0.05) is 32.3 Å². The second-order valence-corrected chi connectivity index (χ2v) is 7.44. The van der Waals surface area contributed by atoms with E-state index in [1.165, 1.54) is 7.11 Å². The Balaban J connectivity index is 2.04. The van der Waals surface area contributed by atoms with Crippen molar-refractivity contribution in [1.82, 2.24) is 10.6 Å². The van der Waals surface area contributed by atoms with Crippen LogP contribution in [-0.2, 0) is 14.3 Å². The Labute approximate surface area is 177 Å². The number of unbranched alkanes of at least 4 members (excludes halogenated alkanes) is 1. The van der Waals surface area contributed by atoms with Gasteiger partial charge in [-0.15, -0.1) is 0 Å². The van der Waals surface area contributed by atoms with E-state index in [0.717, 1.165) is 19.3 Å². The molecule has 8 heteroatoms. The summed E-state index contributed by atoms with van der Waals surface area (Å²) in [7, 11) is 1.35. The smallest absolute Gasteiger partial charge is 0.310 e. The fourth-order valence-corrected chi connectivity index (χ4v) is 3.66. The number of methoxy groups -OCH3 is 1. The van der Waals surface area contributed by atoms with Crippen molar-refractivity contribution in [3.05, 3.63) is 29.8 Å². The van der Waals surface area contributed by atoms with Crippen LogP contribution >= 0.6 is 0 Å². The third-order valence-electron chi connectivity index (χ3n) is 5.27. The van der Waals surface area contributed by atoms with Crippen molar-refractivity contribution < 1.29 is 29.0 Å². The highest BCUT2D eigenvalue weighted by Crippen LogP contribution is 2.27. The number of esters is 1. The number of hydrogen-bond donors (Lipinski definition) is 3. The third-order valence-corrected chi connectivity index (χ3v) is 5.27. The first-order chi connectivity index (χ1) is 14.5. The number of carbonyl (C=O) groups excluding carboxylic acids is 3. The molecule has 0 spiro atoms. The molecule has 1 fully saturated rings. The molecule has 1 aromatic rings. The molecular formula is C22H32N2O6. The fourth-order valence-electron chi connectivity index (χ4n) is 3.66. The van der Waals surface area contributed by atoms with Gasteiger partial charge >= 0.3 is 5.97 Å². The molecule has 1 saturated carbocycles. The Kier molecular flexibility index (Phi) is 9.60. The van der Waals surface area contributed by atoms with E-state index in [2.05, 4.69) is 10.6 Å². The molecule has 0 aromatic heterocycles. The van der Waals surface area contributed by atoms with Gasteiger partial charge in [-0.25, -0.2) is 0 Å². The van der Waals surface area contributed by atoms with Crippen molar-refractivity contribution in [3.63, 3.8) is 0 Å². The van der Waals surface area contributed by atoms with Gasteiger partial charge in [0.2, 0.25) is 5.91 Å². The highest BCUT2D eigenvalue weighted by Gasteiger charge is 2.36. The molecule has 0 aliphatic heterocycles. The minimum Gasteiger partial charge on any atom is -0.491 e. The van der Waals surface area contributed by atoms with Crippen LogP contribution < -0.4 is 15.4 Å². The molecule has 1 aliphatic rings. The second kappa shape index (κ2) is 12.2. The van der Waals surface area contributed by atoms with E-state index < -0.39 is 6.04 Å². The molecule has 8 nitrogen and oxygen atoms in total. The Morgan fingerprint density at radius 1 is 1.27 bits per heavy atom. The predicted molar refractivity (Wildman–Crippen MR) is 111 cm³/mol. The molecule has 166 valence electrons. The summed E-state index contributed by atoms with van der Waals surface area (Å²) >= 11 is 0. The van der Waals surface area contributed by atoms with E-state index in [0.29, 0.717) is 30.6 Å². The minimum absolute atomic E-state index is 0.122. The van der Waals surface area contributed by atoms with E-state index in [1.54, 1.807) is 24.3 Å². The number of benzene rings is 1. The van der Waals surface area contributed by atoms with Gasteiger partial charge in [-0.3, -0.25) is 14.4 Å². The van der Waals surface area contributed by atoms with E-state index in [-0.39, 0.29) is 43.0 Å². The highest BCUT2D eigenvalue weighted by atomic mass is 16.5. The number of hydrogen-bond acceptors (Lipinski definition) is 6. The summed E-state index contributed by atoms with van der Waals surface area (Å²) in [5.74, 6) is -0.853. The van der Waals surface area contributed by atoms with E-state index in [4.69, 9.17) is 14.6 Å². The van der Waals surface area contributed by atoms with Crippen molar-refractivity contribution >= 4 is 17.8 Å². The molecule has 0 heterocycles. The molecule has 2 rings (SSSR count). The number of aliphatic hydroxyl groups excluding tert-OH is 1. The van der Waals surface area contributed by atoms with Crippen LogP contribution in [0, 0.1) is 5.92 Å². The van der Waals surface area contributed by atoms with Crippen LogP contribution in [-0.4, -0.2) is 55.3 Å². The molecule has 3 N–H and O–H groups in total. The number of amides is 2. The monoisotopic (exact) mass is 420 g/mol. The molecule has 2 amide bonds. The van der Waals surface area contributed by atoms with Gasteiger partial charge in [-0.05, 0) is 37.5 Å². The van der Waals surface area contributed by atoms with Crippen molar-refractivity contribution in [2.45, 2.75) is 57.5 Å². The Morgan fingerprint density at radius 2 is 2.07 bits per heavy atom. The van der Waals surface area contributed by atoms with Crippen molar-refractivity contribution in [1.29, 1.82) is 0 Å².